The van der Waals surface area contributed by atoms with Crippen molar-refractivity contribution in [3.63, 3.8) is 0 Å². The summed E-state index contributed by atoms with van der Waals surface area (Å²) in [7, 11) is 1.57. The molecule has 2 rings (SSSR count). The van der Waals surface area contributed by atoms with Crippen molar-refractivity contribution in [1.29, 1.82) is 0 Å². The van der Waals surface area contributed by atoms with Gasteiger partial charge in [-0.05, 0) is 45.4 Å². The van der Waals surface area contributed by atoms with Crippen molar-refractivity contribution in [1.82, 2.24) is 9.78 Å². The third kappa shape index (κ3) is 2.14. The SMILES string of the molecule is COc1cccc(-n2nc(C)c(C)c2C)c1C(C)=O. The minimum Gasteiger partial charge on any atom is -0.496 e. The summed E-state index contributed by atoms with van der Waals surface area (Å²) in [6, 6.07) is 5.54. The van der Waals surface area contributed by atoms with E-state index in [9.17, 15) is 4.79 Å². The van der Waals surface area contributed by atoms with Crippen molar-refractivity contribution in [2.24, 2.45) is 0 Å². The highest BCUT2D eigenvalue weighted by atomic mass is 16.5. The smallest absolute Gasteiger partial charge is 0.165 e. The highest BCUT2D eigenvalue weighted by molar-refractivity contribution is 6.00. The summed E-state index contributed by atoms with van der Waals surface area (Å²) in [6.45, 7) is 7.53. The molecule has 0 fully saturated rings. The lowest BCUT2D eigenvalue weighted by Gasteiger charge is -2.13. The molecule has 0 N–H and O–H groups in total. The Kier molecular flexibility index (Phi) is 3.42. The molecule has 0 spiro atoms. The number of methoxy groups -OCH3 is 1. The number of aromatic nitrogens is 2. The molecule has 4 heteroatoms. The summed E-state index contributed by atoms with van der Waals surface area (Å²) < 4.78 is 7.09. The summed E-state index contributed by atoms with van der Waals surface area (Å²) >= 11 is 0. The topological polar surface area (TPSA) is 44.1 Å². The van der Waals surface area contributed by atoms with E-state index in [1.807, 2.05) is 37.6 Å². The van der Waals surface area contributed by atoms with E-state index in [0.29, 0.717) is 11.3 Å². The number of ether oxygens (including phenoxy) is 1. The van der Waals surface area contributed by atoms with Crippen LogP contribution in [0.25, 0.3) is 5.69 Å². The van der Waals surface area contributed by atoms with E-state index in [-0.39, 0.29) is 5.78 Å². The Morgan fingerprint density at radius 2 is 1.95 bits per heavy atom. The van der Waals surface area contributed by atoms with Crippen molar-refractivity contribution < 1.29 is 9.53 Å². The fourth-order valence-electron chi connectivity index (χ4n) is 2.18. The maximum Gasteiger partial charge on any atom is 0.165 e. The summed E-state index contributed by atoms with van der Waals surface area (Å²) in [5, 5.41) is 4.51. The average Bonchev–Trinajstić information content (AvgIpc) is 2.65. The van der Waals surface area contributed by atoms with Crippen LogP contribution in [0, 0.1) is 20.8 Å². The van der Waals surface area contributed by atoms with Crippen LogP contribution in [0.15, 0.2) is 18.2 Å². The number of hydrogen-bond donors (Lipinski definition) is 0. The molecule has 1 aromatic carbocycles. The van der Waals surface area contributed by atoms with E-state index < -0.39 is 0 Å². The van der Waals surface area contributed by atoms with Gasteiger partial charge in [0.15, 0.2) is 5.78 Å². The molecule has 2 aromatic rings. The summed E-state index contributed by atoms with van der Waals surface area (Å²) in [5.74, 6) is 0.549. The highest BCUT2D eigenvalue weighted by Crippen LogP contribution is 2.27. The van der Waals surface area contributed by atoms with E-state index in [0.717, 1.165) is 22.6 Å². The second-order valence-electron chi connectivity index (χ2n) is 4.62. The van der Waals surface area contributed by atoms with Crippen molar-refractivity contribution in [3.8, 4) is 11.4 Å². The largest absolute Gasteiger partial charge is 0.496 e. The second-order valence-corrected chi connectivity index (χ2v) is 4.62. The molecule has 100 valence electrons. The first-order valence-electron chi connectivity index (χ1n) is 6.18. The minimum absolute atomic E-state index is 0.0299. The third-order valence-electron chi connectivity index (χ3n) is 3.46. The first-order valence-corrected chi connectivity index (χ1v) is 6.18. The lowest BCUT2D eigenvalue weighted by molar-refractivity contribution is 0.101. The van der Waals surface area contributed by atoms with Crippen LogP contribution in [0.3, 0.4) is 0 Å². The first kappa shape index (κ1) is 13.3. The van der Waals surface area contributed by atoms with Crippen LogP contribution in [0.1, 0.15) is 34.2 Å². The summed E-state index contributed by atoms with van der Waals surface area (Å²) in [4.78, 5) is 11.9. The molecular weight excluding hydrogens is 240 g/mol. The molecule has 0 aliphatic heterocycles. The third-order valence-corrected chi connectivity index (χ3v) is 3.46. The van der Waals surface area contributed by atoms with Crippen molar-refractivity contribution in [2.45, 2.75) is 27.7 Å². The van der Waals surface area contributed by atoms with Crippen LogP contribution in [0.5, 0.6) is 5.75 Å². The Hall–Kier alpha value is -2.10. The van der Waals surface area contributed by atoms with Gasteiger partial charge in [-0.15, -0.1) is 0 Å². The van der Waals surface area contributed by atoms with Gasteiger partial charge in [0, 0.05) is 5.69 Å². The summed E-state index contributed by atoms with van der Waals surface area (Å²) in [5.41, 5.74) is 4.47. The monoisotopic (exact) mass is 258 g/mol. The van der Waals surface area contributed by atoms with Crippen LogP contribution in [0.2, 0.25) is 0 Å². The molecule has 0 aliphatic carbocycles. The van der Waals surface area contributed by atoms with Crippen LogP contribution >= 0.6 is 0 Å². The van der Waals surface area contributed by atoms with Gasteiger partial charge in [-0.1, -0.05) is 6.07 Å². The zero-order valence-corrected chi connectivity index (χ0v) is 11.9. The Bertz CT molecular complexity index is 642. The zero-order valence-electron chi connectivity index (χ0n) is 11.9. The lowest BCUT2D eigenvalue weighted by atomic mass is 10.1. The number of rotatable bonds is 3. The maximum absolute atomic E-state index is 11.9. The predicted molar refractivity (Wildman–Crippen MR) is 74.3 cm³/mol. The molecule has 19 heavy (non-hydrogen) atoms. The van der Waals surface area contributed by atoms with Crippen molar-refractivity contribution in [2.75, 3.05) is 7.11 Å². The number of Topliss-reactive ketones (excluding diaryl/α,β-unsaturated/α-hetero) is 1. The molecule has 0 saturated carbocycles. The normalized spacial score (nSPS) is 10.6. The molecule has 0 unspecified atom stereocenters. The van der Waals surface area contributed by atoms with Gasteiger partial charge in [0.05, 0.1) is 24.1 Å². The van der Waals surface area contributed by atoms with Gasteiger partial charge in [0.2, 0.25) is 0 Å². The molecule has 0 bridgehead atoms. The Morgan fingerprint density at radius 1 is 1.26 bits per heavy atom. The van der Waals surface area contributed by atoms with Gasteiger partial charge < -0.3 is 4.74 Å². The number of carbonyl (C=O) groups excluding carboxylic acids is 1. The minimum atomic E-state index is -0.0299. The fourth-order valence-corrected chi connectivity index (χ4v) is 2.18. The molecule has 0 amide bonds. The summed E-state index contributed by atoms with van der Waals surface area (Å²) in [6.07, 6.45) is 0. The van der Waals surface area contributed by atoms with Crippen LogP contribution in [0.4, 0.5) is 0 Å². The molecule has 0 saturated heterocycles. The van der Waals surface area contributed by atoms with Crippen molar-refractivity contribution >= 4 is 5.78 Å². The lowest BCUT2D eigenvalue weighted by Crippen LogP contribution is -2.08. The number of hydrogen-bond acceptors (Lipinski definition) is 3. The molecule has 0 radical (unpaired) electrons. The quantitative estimate of drug-likeness (QED) is 0.795. The van der Waals surface area contributed by atoms with E-state index in [4.69, 9.17) is 4.74 Å². The molecular formula is C15H18N2O2. The van der Waals surface area contributed by atoms with Crippen LogP contribution < -0.4 is 4.74 Å². The first-order chi connectivity index (χ1) is 8.97. The Morgan fingerprint density at radius 3 is 2.42 bits per heavy atom. The van der Waals surface area contributed by atoms with Gasteiger partial charge in [-0.2, -0.15) is 5.10 Å². The number of ketones is 1. The van der Waals surface area contributed by atoms with Gasteiger partial charge in [0.25, 0.3) is 0 Å². The number of carbonyl (C=O) groups is 1. The van der Waals surface area contributed by atoms with Gasteiger partial charge in [-0.3, -0.25) is 4.79 Å². The number of aryl methyl sites for hydroxylation is 1. The fraction of sp³-hybridized carbons (Fsp3) is 0.333. The van der Waals surface area contributed by atoms with Gasteiger partial charge in [-0.25, -0.2) is 4.68 Å². The van der Waals surface area contributed by atoms with Crippen molar-refractivity contribution in [3.05, 3.63) is 40.7 Å². The number of benzene rings is 1. The maximum atomic E-state index is 11.9. The number of nitrogens with zero attached hydrogens (tertiary/aromatic N) is 2. The average molecular weight is 258 g/mol. The van der Waals surface area contributed by atoms with Crippen LogP contribution in [-0.2, 0) is 0 Å². The van der Waals surface area contributed by atoms with E-state index >= 15 is 0 Å². The molecule has 4 nitrogen and oxygen atoms in total. The van der Waals surface area contributed by atoms with E-state index in [1.165, 1.54) is 0 Å². The molecule has 1 aromatic heterocycles. The Balaban J connectivity index is 2.75. The standard InChI is InChI=1S/C15H18N2O2/c1-9-10(2)16-17(11(9)3)13-7-6-8-14(19-5)15(13)12(4)18/h6-8H,1-5H3. The second kappa shape index (κ2) is 4.88. The zero-order chi connectivity index (χ0) is 14.2. The van der Waals surface area contributed by atoms with E-state index in [1.54, 1.807) is 20.1 Å². The van der Waals surface area contributed by atoms with Gasteiger partial charge >= 0.3 is 0 Å². The Labute approximate surface area is 113 Å². The molecule has 0 aliphatic rings. The van der Waals surface area contributed by atoms with E-state index in [2.05, 4.69) is 5.10 Å². The van der Waals surface area contributed by atoms with Gasteiger partial charge in [0.1, 0.15) is 5.75 Å². The molecule has 0 atom stereocenters. The highest BCUT2D eigenvalue weighted by Gasteiger charge is 2.18. The molecule has 1 heterocycles. The predicted octanol–water partition coefficient (Wildman–Crippen LogP) is 3.01. The van der Waals surface area contributed by atoms with Crippen LogP contribution in [-0.4, -0.2) is 22.7 Å².